The average molecular weight is 656 g/mol. The number of carbonyl (C=O) groups excluding carboxylic acids is 4. The van der Waals surface area contributed by atoms with Gasteiger partial charge in [0.15, 0.2) is 6.04 Å². The summed E-state index contributed by atoms with van der Waals surface area (Å²) in [6.45, 7) is 7.31. The van der Waals surface area contributed by atoms with Crippen LogP contribution in [0.4, 0.5) is 5.69 Å². The van der Waals surface area contributed by atoms with Gasteiger partial charge in [0.25, 0.3) is 11.6 Å². The first-order chi connectivity index (χ1) is 22.8. The number of β-lactam (4-membered cyclic amide) rings is 1. The molecular weight excluding hydrogens is 616 g/mol. The molecule has 3 aliphatic rings. The summed E-state index contributed by atoms with van der Waals surface area (Å²) in [5.74, 6) is -2.39. The van der Waals surface area contributed by atoms with Crippen LogP contribution in [0.2, 0.25) is 0 Å². The number of nitrogens with zero attached hydrogens (tertiary/aromatic N) is 3. The van der Waals surface area contributed by atoms with Gasteiger partial charge in [-0.25, -0.2) is 9.59 Å². The van der Waals surface area contributed by atoms with Gasteiger partial charge in [-0.05, 0) is 29.5 Å². The third-order valence-corrected chi connectivity index (χ3v) is 10.3. The number of esters is 2. The quantitative estimate of drug-likeness (QED) is 0.0835. The minimum absolute atomic E-state index is 0.00506. The Bertz CT molecular complexity index is 1870. The van der Waals surface area contributed by atoms with E-state index in [1.54, 1.807) is 0 Å². The fraction of sp³-hybridized carbons (Fsp3) is 0.389. The van der Waals surface area contributed by atoms with Gasteiger partial charge in [-0.3, -0.25) is 19.7 Å². The van der Waals surface area contributed by atoms with Gasteiger partial charge in [0, 0.05) is 47.4 Å². The van der Waals surface area contributed by atoms with Gasteiger partial charge in [0.1, 0.15) is 24.6 Å². The molecule has 3 heterocycles. The molecule has 3 aromatic rings. The van der Waals surface area contributed by atoms with Crippen molar-refractivity contribution in [3.05, 3.63) is 93.2 Å². The van der Waals surface area contributed by atoms with E-state index in [2.05, 4.69) is 7.05 Å². The number of carbonyl (C=O) groups is 4. The zero-order chi connectivity index (χ0) is 34.5. The molecule has 12 heteroatoms. The highest BCUT2D eigenvalue weighted by Gasteiger charge is 2.59. The van der Waals surface area contributed by atoms with E-state index in [9.17, 15) is 29.3 Å². The van der Waals surface area contributed by atoms with E-state index in [1.165, 1.54) is 17.0 Å². The molecule has 2 saturated heterocycles. The molecule has 2 N–H and O–H groups in total. The summed E-state index contributed by atoms with van der Waals surface area (Å²) in [6.07, 6.45) is 1.69. The van der Waals surface area contributed by atoms with Crippen molar-refractivity contribution in [3.63, 3.8) is 0 Å². The highest BCUT2D eigenvalue weighted by molar-refractivity contribution is 6.06. The van der Waals surface area contributed by atoms with E-state index in [1.807, 2.05) is 57.2 Å². The predicted octanol–water partition coefficient (Wildman–Crippen LogP) is 4.49. The predicted molar refractivity (Wildman–Crippen MR) is 175 cm³/mol. The molecule has 0 radical (unpaired) electrons. The number of primary amides is 1. The molecule has 0 spiro atoms. The molecule has 0 bridgehead atoms. The Morgan fingerprint density at radius 3 is 2.40 bits per heavy atom. The minimum Gasteiger partial charge on any atom is -0.488 e. The number of hydrogen-bond acceptors (Lipinski definition) is 8. The molecule has 0 aliphatic carbocycles. The summed E-state index contributed by atoms with van der Waals surface area (Å²) >= 11 is 0. The number of ether oxygens (including phenoxy) is 2. The van der Waals surface area contributed by atoms with Crippen LogP contribution in [0.25, 0.3) is 10.8 Å². The van der Waals surface area contributed by atoms with Crippen molar-refractivity contribution in [1.82, 2.24) is 4.90 Å². The first-order valence-electron chi connectivity index (χ1n) is 16.2. The first-order valence-corrected chi connectivity index (χ1v) is 16.2. The third-order valence-electron chi connectivity index (χ3n) is 10.3. The standard InChI is InChI=1S/C36H38N4O8/c1-20(2)30-31-21(3)27(32(38(31)34(30)42)36(44)48-35(43)22-13-15-24(16-14-22)39(45)46)19-47-29-12-6-9-25-23(8-5-10-26(25)29)18-40(4)17-7-11-28(40)33(37)41/h5-6,8-10,12-16,20-21,28,30-31H,7,11,17-19H2,1-4H3,(H-,37,41)/p+1/t21-,28+,30+,31+,40?/m0/s1. The highest BCUT2D eigenvalue weighted by atomic mass is 16.6. The summed E-state index contributed by atoms with van der Waals surface area (Å²) in [5.41, 5.74) is 7.11. The normalized spacial score (nSPS) is 24.9. The zero-order valence-electron chi connectivity index (χ0n) is 27.4. The summed E-state index contributed by atoms with van der Waals surface area (Å²) in [4.78, 5) is 63.9. The Kier molecular flexibility index (Phi) is 8.54. The van der Waals surface area contributed by atoms with Gasteiger partial charge in [-0.2, -0.15) is 0 Å². The molecule has 5 atom stereocenters. The molecule has 250 valence electrons. The Labute approximate surface area is 277 Å². The van der Waals surface area contributed by atoms with E-state index in [-0.39, 0.29) is 65.2 Å². The Morgan fingerprint density at radius 1 is 1.04 bits per heavy atom. The van der Waals surface area contributed by atoms with Crippen LogP contribution in [0.5, 0.6) is 5.75 Å². The molecule has 0 aromatic heterocycles. The van der Waals surface area contributed by atoms with Crippen molar-refractivity contribution in [2.24, 2.45) is 23.5 Å². The van der Waals surface area contributed by atoms with Crippen LogP contribution in [0.15, 0.2) is 71.9 Å². The number of likely N-dealkylation sites (N-methyl/N-ethyl adjacent to an activating group) is 1. The molecule has 2 fully saturated rings. The van der Waals surface area contributed by atoms with E-state index in [0.29, 0.717) is 22.4 Å². The molecule has 3 aromatic carbocycles. The van der Waals surface area contributed by atoms with E-state index >= 15 is 0 Å². The SMILES string of the molecule is CC(C)[C@H]1C(=O)N2C(C(=O)OC(=O)c3ccc([N+](=O)[O-])cc3)=C(COc3cccc4c(C[N+]5(C)CCC[C@@H]5C(N)=O)cccc34)[C@H](C)[C@H]12. The molecule has 1 unspecified atom stereocenters. The van der Waals surface area contributed by atoms with Crippen LogP contribution in [-0.4, -0.2) is 70.3 Å². The van der Waals surface area contributed by atoms with Crippen LogP contribution in [0.1, 0.15) is 49.5 Å². The van der Waals surface area contributed by atoms with Gasteiger partial charge in [-0.15, -0.1) is 0 Å². The Balaban J connectivity index is 1.29. The van der Waals surface area contributed by atoms with Gasteiger partial charge in [-0.1, -0.05) is 51.1 Å². The van der Waals surface area contributed by atoms with Crippen molar-refractivity contribution in [2.45, 2.75) is 52.2 Å². The first kappa shape index (κ1) is 32.8. The number of likely N-dealkylation sites (tertiary alicyclic amines) is 1. The van der Waals surface area contributed by atoms with Gasteiger partial charge in [0.2, 0.25) is 5.91 Å². The van der Waals surface area contributed by atoms with Crippen molar-refractivity contribution in [3.8, 4) is 5.75 Å². The molecule has 0 saturated carbocycles. The van der Waals surface area contributed by atoms with Crippen molar-refractivity contribution in [2.75, 3.05) is 20.2 Å². The molecule has 12 nitrogen and oxygen atoms in total. The lowest BCUT2D eigenvalue weighted by Gasteiger charge is -2.47. The van der Waals surface area contributed by atoms with Crippen LogP contribution >= 0.6 is 0 Å². The maximum atomic E-state index is 13.6. The largest absolute Gasteiger partial charge is 0.488 e. The van der Waals surface area contributed by atoms with Crippen LogP contribution in [0.3, 0.4) is 0 Å². The number of rotatable bonds is 10. The second kappa shape index (κ2) is 12.5. The average Bonchev–Trinajstić information content (AvgIpc) is 3.54. The van der Waals surface area contributed by atoms with Crippen LogP contribution in [-0.2, 0) is 25.7 Å². The van der Waals surface area contributed by atoms with Gasteiger partial charge in [0.05, 0.1) is 36.0 Å². The van der Waals surface area contributed by atoms with Crippen molar-refractivity contribution < 1.29 is 38.1 Å². The third kappa shape index (κ3) is 5.59. The fourth-order valence-corrected chi connectivity index (χ4v) is 7.83. The number of nitrogens with two attached hydrogens (primary N) is 1. The van der Waals surface area contributed by atoms with Crippen LogP contribution in [0, 0.1) is 27.9 Å². The maximum absolute atomic E-state index is 13.6. The number of fused-ring (bicyclic) bond motifs is 2. The fourth-order valence-electron chi connectivity index (χ4n) is 7.83. The number of hydrogen-bond donors (Lipinski definition) is 1. The van der Waals surface area contributed by atoms with Crippen molar-refractivity contribution in [1.29, 1.82) is 0 Å². The second-order valence-corrected chi connectivity index (χ2v) is 13.6. The Morgan fingerprint density at radius 2 is 1.73 bits per heavy atom. The summed E-state index contributed by atoms with van der Waals surface area (Å²) in [5, 5.41) is 12.9. The number of quaternary nitrogens is 1. The van der Waals surface area contributed by atoms with E-state index < -0.39 is 16.9 Å². The lowest BCUT2D eigenvalue weighted by molar-refractivity contribution is -0.925. The lowest BCUT2D eigenvalue weighted by Crippen LogP contribution is -2.62. The lowest BCUT2D eigenvalue weighted by atomic mass is 9.74. The summed E-state index contributed by atoms with van der Waals surface area (Å²) in [7, 11) is 2.07. The molecule has 3 aliphatic heterocycles. The van der Waals surface area contributed by atoms with Crippen LogP contribution < -0.4 is 10.5 Å². The zero-order valence-corrected chi connectivity index (χ0v) is 27.4. The topological polar surface area (TPSA) is 159 Å². The van der Waals surface area contributed by atoms with Crippen molar-refractivity contribution >= 4 is 40.2 Å². The highest BCUT2D eigenvalue weighted by Crippen LogP contribution is 2.49. The maximum Gasteiger partial charge on any atom is 0.363 e. The number of nitro groups is 1. The smallest absolute Gasteiger partial charge is 0.363 e. The minimum atomic E-state index is -0.985. The Hall–Kier alpha value is -5.10. The molecule has 48 heavy (non-hydrogen) atoms. The number of amides is 2. The number of benzene rings is 3. The van der Waals surface area contributed by atoms with E-state index in [0.717, 1.165) is 47.9 Å². The monoisotopic (exact) mass is 655 g/mol. The molecule has 6 rings (SSSR count). The molecular formula is C36H39N4O8+. The summed E-state index contributed by atoms with van der Waals surface area (Å²) in [6, 6.07) is 15.9. The number of nitro benzene ring substituents is 1. The second-order valence-electron chi connectivity index (χ2n) is 13.6. The van der Waals surface area contributed by atoms with Gasteiger partial charge < -0.3 is 24.6 Å². The summed E-state index contributed by atoms with van der Waals surface area (Å²) < 4.78 is 12.2. The van der Waals surface area contributed by atoms with Gasteiger partial charge >= 0.3 is 11.9 Å². The molecule has 2 amide bonds. The van der Waals surface area contributed by atoms with E-state index in [4.69, 9.17) is 15.2 Å². The number of non-ortho nitro benzene ring substituents is 1.